The Balaban J connectivity index is 1.89. The number of rotatable bonds is 3. The van der Waals surface area contributed by atoms with Gasteiger partial charge in [0.2, 0.25) is 0 Å². The van der Waals surface area contributed by atoms with Crippen molar-refractivity contribution in [3.05, 3.63) is 58.2 Å². The van der Waals surface area contributed by atoms with Crippen LogP contribution >= 0.6 is 11.3 Å². The third-order valence-corrected chi connectivity index (χ3v) is 3.76. The molecule has 3 rings (SSSR count). The number of thiazole rings is 1. The Bertz CT molecular complexity index is 748. The van der Waals surface area contributed by atoms with E-state index in [9.17, 15) is 4.79 Å². The summed E-state index contributed by atoms with van der Waals surface area (Å²) in [7, 11) is 0. The Morgan fingerprint density at radius 2 is 2.21 bits per heavy atom. The standard InChI is InChI=1S/C15H12N2OS/c1-10-17-13(9-19-10)8-15(18)12-5-4-11-3-2-6-16-14(11)7-12/h2-7,9H,8H2,1H3. The lowest BCUT2D eigenvalue weighted by atomic mass is 10.0. The number of hydrogen-bond donors (Lipinski definition) is 0. The highest BCUT2D eigenvalue weighted by molar-refractivity contribution is 7.09. The van der Waals surface area contributed by atoms with E-state index in [0.29, 0.717) is 12.0 Å². The summed E-state index contributed by atoms with van der Waals surface area (Å²) in [6.07, 6.45) is 2.09. The van der Waals surface area contributed by atoms with Crippen molar-refractivity contribution in [1.29, 1.82) is 0 Å². The molecule has 0 aliphatic heterocycles. The minimum Gasteiger partial charge on any atom is -0.294 e. The van der Waals surface area contributed by atoms with Crippen LogP contribution in [0.4, 0.5) is 0 Å². The monoisotopic (exact) mass is 268 g/mol. The zero-order chi connectivity index (χ0) is 13.2. The van der Waals surface area contributed by atoms with Crippen LogP contribution in [0.3, 0.4) is 0 Å². The van der Waals surface area contributed by atoms with Gasteiger partial charge < -0.3 is 0 Å². The summed E-state index contributed by atoms with van der Waals surface area (Å²) in [5.41, 5.74) is 2.38. The van der Waals surface area contributed by atoms with Crippen LogP contribution in [0.15, 0.2) is 41.9 Å². The highest BCUT2D eigenvalue weighted by Gasteiger charge is 2.10. The van der Waals surface area contributed by atoms with Gasteiger partial charge in [-0.15, -0.1) is 11.3 Å². The number of hydrogen-bond acceptors (Lipinski definition) is 4. The van der Waals surface area contributed by atoms with Gasteiger partial charge in [0.25, 0.3) is 0 Å². The molecule has 0 saturated carbocycles. The maximum Gasteiger partial charge on any atom is 0.168 e. The second-order valence-corrected chi connectivity index (χ2v) is 5.43. The van der Waals surface area contributed by atoms with Gasteiger partial charge in [0, 0.05) is 22.5 Å². The van der Waals surface area contributed by atoms with Crippen molar-refractivity contribution in [2.75, 3.05) is 0 Å². The van der Waals surface area contributed by atoms with Crippen molar-refractivity contribution < 1.29 is 4.79 Å². The lowest BCUT2D eigenvalue weighted by Crippen LogP contribution is -2.04. The first kappa shape index (κ1) is 12.0. The molecule has 0 aliphatic rings. The van der Waals surface area contributed by atoms with Gasteiger partial charge in [-0.25, -0.2) is 4.98 Å². The molecule has 3 aromatic rings. The molecular weight excluding hydrogens is 256 g/mol. The second-order valence-electron chi connectivity index (χ2n) is 4.37. The predicted octanol–water partition coefficient (Wildman–Crippen LogP) is 3.43. The van der Waals surface area contributed by atoms with Crippen molar-refractivity contribution in [2.24, 2.45) is 0 Å². The summed E-state index contributed by atoms with van der Waals surface area (Å²) in [5, 5.41) is 3.97. The minimum absolute atomic E-state index is 0.0813. The van der Waals surface area contributed by atoms with Crippen LogP contribution in [0.5, 0.6) is 0 Å². The fraction of sp³-hybridized carbons (Fsp3) is 0.133. The highest BCUT2D eigenvalue weighted by atomic mass is 32.1. The van der Waals surface area contributed by atoms with E-state index in [1.807, 2.05) is 42.6 Å². The molecule has 94 valence electrons. The number of ketones is 1. The summed E-state index contributed by atoms with van der Waals surface area (Å²) in [5.74, 6) is 0.0813. The van der Waals surface area contributed by atoms with Crippen molar-refractivity contribution >= 4 is 28.0 Å². The molecular formula is C15H12N2OS. The average Bonchev–Trinajstić information content (AvgIpc) is 2.83. The van der Waals surface area contributed by atoms with Crippen molar-refractivity contribution in [2.45, 2.75) is 13.3 Å². The third-order valence-electron chi connectivity index (χ3n) is 2.94. The first-order valence-corrected chi connectivity index (χ1v) is 6.89. The van der Waals surface area contributed by atoms with Gasteiger partial charge in [-0.2, -0.15) is 0 Å². The summed E-state index contributed by atoms with van der Waals surface area (Å²) in [6, 6.07) is 9.51. The average molecular weight is 268 g/mol. The van der Waals surface area contributed by atoms with Crippen molar-refractivity contribution in [3.63, 3.8) is 0 Å². The number of Topliss-reactive ketones (excluding diaryl/α,β-unsaturated/α-hetero) is 1. The maximum atomic E-state index is 12.2. The number of carbonyl (C=O) groups is 1. The van der Waals surface area contributed by atoms with Crippen molar-refractivity contribution in [1.82, 2.24) is 9.97 Å². The SMILES string of the molecule is Cc1nc(CC(=O)c2ccc3cccnc3c2)cs1. The molecule has 0 spiro atoms. The summed E-state index contributed by atoms with van der Waals surface area (Å²) >= 11 is 1.57. The third kappa shape index (κ3) is 2.53. The number of fused-ring (bicyclic) bond motifs is 1. The Kier molecular flexibility index (Phi) is 3.09. The number of nitrogens with zero attached hydrogens (tertiary/aromatic N) is 2. The van der Waals surface area contributed by atoms with Crippen LogP contribution in [-0.2, 0) is 6.42 Å². The molecule has 0 radical (unpaired) electrons. The van der Waals surface area contributed by atoms with Gasteiger partial charge in [0.1, 0.15) is 0 Å². The van der Waals surface area contributed by atoms with Crippen LogP contribution in [0.1, 0.15) is 21.1 Å². The van der Waals surface area contributed by atoms with E-state index in [0.717, 1.165) is 21.6 Å². The number of aromatic nitrogens is 2. The fourth-order valence-electron chi connectivity index (χ4n) is 2.00. The van der Waals surface area contributed by atoms with Crippen LogP contribution < -0.4 is 0 Å². The number of carbonyl (C=O) groups excluding carboxylic acids is 1. The molecule has 2 heterocycles. The van der Waals surface area contributed by atoms with Gasteiger partial charge in [-0.1, -0.05) is 18.2 Å². The van der Waals surface area contributed by atoms with E-state index in [1.54, 1.807) is 17.5 Å². The van der Waals surface area contributed by atoms with Gasteiger partial charge >= 0.3 is 0 Å². The largest absolute Gasteiger partial charge is 0.294 e. The van der Waals surface area contributed by atoms with Crippen LogP contribution in [0, 0.1) is 6.92 Å². The van der Waals surface area contributed by atoms with E-state index in [4.69, 9.17) is 0 Å². The molecule has 0 unspecified atom stereocenters. The lowest BCUT2D eigenvalue weighted by molar-refractivity contribution is 0.0992. The molecule has 0 saturated heterocycles. The Morgan fingerprint density at radius 3 is 3.00 bits per heavy atom. The highest BCUT2D eigenvalue weighted by Crippen LogP contribution is 2.16. The van der Waals surface area contributed by atoms with Crippen LogP contribution in [0.25, 0.3) is 10.9 Å². The Labute approximate surface area is 115 Å². The molecule has 0 bridgehead atoms. The number of aryl methyl sites for hydroxylation is 1. The normalized spacial score (nSPS) is 10.8. The predicted molar refractivity (Wildman–Crippen MR) is 76.6 cm³/mol. The molecule has 0 N–H and O–H groups in total. The van der Waals surface area contributed by atoms with Crippen LogP contribution in [0.2, 0.25) is 0 Å². The Morgan fingerprint density at radius 1 is 1.32 bits per heavy atom. The molecule has 0 atom stereocenters. The first-order chi connectivity index (χ1) is 9.22. The van der Waals surface area contributed by atoms with E-state index >= 15 is 0 Å². The van der Waals surface area contributed by atoms with Crippen molar-refractivity contribution in [3.8, 4) is 0 Å². The van der Waals surface area contributed by atoms with E-state index in [1.165, 1.54) is 0 Å². The summed E-state index contributed by atoms with van der Waals surface area (Å²) in [4.78, 5) is 20.8. The molecule has 1 aromatic carbocycles. The lowest BCUT2D eigenvalue weighted by Gasteiger charge is -2.01. The molecule has 0 fully saturated rings. The van der Waals surface area contributed by atoms with E-state index in [2.05, 4.69) is 9.97 Å². The topological polar surface area (TPSA) is 42.9 Å². The molecule has 2 aromatic heterocycles. The zero-order valence-electron chi connectivity index (χ0n) is 10.5. The summed E-state index contributed by atoms with van der Waals surface area (Å²) in [6.45, 7) is 1.94. The van der Waals surface area contributed by atoms with Gasteiger partial charge in [-0.05, 0) is 19.1 Å². The smallest absolute Gasteiger partial charge is 0.168 e. The Hall–Kier alpha value is -2.07. The van der Waals surface area contributed by atoms with Crippen LogP contribution in [-0.4, -0.2) is 15.8 Å². The minimum atomic E-state index is 0.0813. The zero-order valence-corrected chi connectivity index (χ0v) is 11.3. The maximum absolute atomic E-state index is 12.2. The quantitative estimate of drug-likeness (QED) is 0.683. The molecule has 4 heteroatoms. The van der Waals surface area contributed by atoms with Gasteiger partial charge in [0.05, 0.1) is 22.6 Å². The summed E-state index contributed by atoms with van der Waals surface area (Å²) < 4.78 is 0. The number of benzene rings is 1. The second kappa shape index (κ2) is 4.90. The number of pyridine rings is 1. The van der Waals surface area contributed by atoms with E-state index in [-0.39, 0.29) is 5.78 Å². The van der Waals surface area contributed by atoms with E-state index < -0.39 is 0 Å². The molecule has 0 aliphatic carbocycles. The molecule has 3 nitrogen and oxygen atoms in total. The molecule has 19 heavy (non-hydrogen) atoms. The molecule has 0 amide bonds. The fourth-order valence-corrected chi connectivity index (χ4v) is 2.61. The first-order valence-electron chi connectivity index (χ1n) is 6.01. The van der Waals surface area contributed by atoms with Gasteiger partial charge in [-0.3, -0.25) is 9.78 Å². The van der Waals surface area contributed by atoms with Gasteiger partial charge in [0.15, 0.2) is 5.78 Å².